The van der Waals surface area contributed by atoms with Gasteiger partial charge in [0.1, 0.15) is 10.1 Å². The molecule has 0 saturated heterocycles. The Kier molecular flexibility index (Phi) is 5.62. The van der Waals surface area contributed by atoms with Gasteiger partial charge in [-0.25, -0.2) is 9.78 Å². The molecule has 1 saturated carbocycles. The molecule has 0 bridgehead atoms. The molecule has 150 valence electrons. The van der Waals surface area contributed by atoms with E-state index < -0.39 is 15.9 Å². The minimum absolute atomic E-state index is 0.123. The lowest BCUT2D eigenvalue weighted by atomic mass is 10.1. The zero-order chi connectivity index (χ0) is 20.7. The topological polar surface area (TPSA) is 77.5 Å². The second-order valence-electron chi connectivity index (χ2n) is 7.07. The van der Waals surface area contributed by atoms with E-state index >= 15 is 0 Å². The van der Waals surface area contributed by atoms with Crippen molar-refractivity contribution in [3.63, 3.8) is 0 Å². The van der Waals surface area contributed by atoms with E-state index in [9.17, 15) is 9.59 Å². The minimum atomic E-state index is -1.16. The number of ether oxygens (including phenoxy) is 2. The van der Waals surface area contributed by atoms with Crippen LogP contribution in [0, 0.1) is 6.92 Å². The molecule has 9 heteroatoms. The molecule has 0 unspecified atom stereocenters. The summed E-state index contributed by atoms with van der Waals surface area (Å²) in [6, 6.07) is 7.37. The summed E-state index contributed by atoms with van der Waals surface area (Å²) in [6.07, 6.45) is 0.727. The predicted molar refractivity (Wildman–Crippen MR) is 110 cm³/mol. The molecule has 1 aliphatic rings. The highest BCUT2D eigenvalue weighted by atomic mass is 35.5. The number of nitrogens with one attached hydrogen (secondary N) is 1. The molecule has 1 amide bonds. The number of benzene rings is 1. The van der Waals surface area contributed by atoms with Gasteiger partial charge in [-0.05, 0) is 44.9 Å². The van der Waals surface area contributed by atoms with Crippen LogP contribution in [0.2, 0.25) is 0 Å². The lowest BCUT2D eigenvalue weighted by Gasteiger charge is -2.24. The summed E-state index contributed by atoms with van der Waals surface area (Å²) in [6.45, 7) is 5.04. The van der Waals surface area contributed by atoms with Crippen molar-refractivity contribution in [1.29, 1.82) is 0 Å². The van der Waals surface area contributed by atoms with Crippen molar-refractivity contribution in [2.45, 2.75) is 43.0 Å². The molecule has 0 aliphatic heterocycles. The van der Waals surface area contributed by atoms with Crippen molar-refractivity contribution in [2.75, 3.05) is 12.4 Å². The molecule has 0 spiro atoms. The van der Waals surface area contributed by atoms with Gasteiger partial charge >= 0.3 is 5.97 Å². The van der Waals surface area contributed by atoms with Gasteiger partial charge in [0.25, 0.3) is 5.91 Å². The fourth-order valence-corrected chi connectivity index (χ4v) is 4.02. The molecular weight excluding hydrogens is 423 g/mol. The Morgan fingerprint density at radius 1 is 1.29 bits per heavy atom. The van der Waals surface area contributed by atoms with Gasteiger partial charge < -0.3 is 9.47 Å². The molecule has 1 aromatic carbocycles. The van der Waals surface area contributed by atoms with E-state index in [-0.39, 0.29) is 17.5 Å². The fourth-order valence-electron chi connectivity index (χ4n) is 2.67. The van der Waals surface area contributed by atoms with Gasteiger partial charge in [-0.1, -0.05) is 12.1 Å². The van der Waals surface area contributed by atoms with Crippen LogP contribution < -0.4 is 10.1 Å². The summed E-state index contributed by atoms with van der Waals surface area (Å²) in [7, 11) is 1.28. The maximum atomic E-state index is 12.6. The van der Waals surface area contributed by atoms with Crippen LogP contribution in [0.5, 0.6) is 5.75 Å². The number of rotatable bonds is 6. The Balaban J connectivity index is 1.65. The van der Waals surface area contributed by atoms with Crippen LogP contribution in [0.4, 0.5) is 5.13 Å². The van der Waals surface area contributed by atoms with Crippen LogP contribution in [-0.4, -0.2) is 33.9 Å². The third kappa shape index (κ3) is 4.42. The normalized spacial score (nSPS) is 17.7. The molecule has 28 heavy (non-hydrogen) atoms. The van der Waals surface area contributed by atoms with Crippen LogP contribution in [0.15, 0.2) is 24.3 Å². The molecule has 1 aliphatic carbocycles. The lowest BCUT2D eigenvalue weighted by Crippen LogP contribution is -2.42. The summed E-state index contributed by atoms with van der Waals surface area (Å²) >= 11 is 13.4. The summed E-state index contributed by atoms with van der Waals surface area (Å²) in [5.74, 6) is -0.258. The Bertz CT molecular complexity index is 909. The molecule has 1 aromatic heterocycles. The number of anilines is 1. The maximum Gasteiger partial charge on any atom is 0.357 e. The molecule has 0 radical (unpaired) electrons. The number of thiazole rings is 1. The van der Waals surface area contributed by atoms with Crippen LogP contribution in [0.3, 0.4) is 0 Å². The monoisotopic (exact) mass is 442 g/mol. The number of carbonyl (C=O) groups is 2. The predicted octanol–water partition coefficient (Wildman–Crippen LogP) is 4.70. The Labute approximate surface area is 177 Å². The van der Waals surface area contributed by atoms with Gasteiger partial charge in [-0.15, -0.1) is 34.5 Å². The van der Waals surface area contributed by atoms with E-state index in [1.54, 1.807) is 32.9 Å². The van der Waals surface area contributed by atoms with Crippen molar-refractivity contribution >= 4 is 51.5 Å². The third-order valence-electron chi connectivity index (χ3n) is 4.42. The van der Waals surface area contributed by atoms with Crippen molar-refractivity contribution in [2.24, 2.45) is 0 Å². The van der Waals surface area contributed by atoms with E-state index in [1.807, 2.05) is 12.1 Å². The van der Waals surface area contributed by atoms with Crippen LogP contribution >= 0.6 is 34.5 Å². The summed E-state index contributed by atoms with van der Waals surface area (Å²) < 4.78 is 9.85. The lowest BCUT2D eigenvalue weighted by molar-refractivity contribution is -0.128. The van der Waals surface area contributed by atoms with Gasteiger partial charge in [0, 0.05) is 10.8 Å². The molecular formula is C19H20Cl2N2O4S. The maximum absolute atomic E-state index is 12.6. The average molecular weight is 443 g/mol. The Hall–Kier alpha value is -1.83. The summed E-state index contributed by atoms with van der Waals surface area (Å²) in [5, 5.41) is 3.00. The van der Waals surface area contributed by atoms with Crippen LogP contribution in [0.25, 0.3) is 0 Å². The highest BCUT2D eigenvalue weighted by molar-refractivity contribution is 7.16. The van der Waals surface area contributed by atoms with Crippen LogP contribution in [-0.2, 0) is 9.53 Å². The van der Waals surface area contributed by atoms with Crippen molar-refractivity contribution in [3.8, 4) is 5.75 Å². The van der Waals surface area contributed by atoms with Crippen LogP contribution in [0.1, 0.15) is 47.1 Å². The van der Waals surface area contributed by atoms with Gasteiger partial charge in [-0.2, -0.15) is 0 Å². The van der Waals surface area contributed by atoms with Gasteiger partial charge in [0.05, 0.1) is 7.11 Å². The molecule has 1 N–H and O–H groups in total. The van der Waals surface area contributed by atoms with E-state index in [2.05, 4.69) is 15.0 Å². The van der Waals surface area contributed by atoms with Crippen molar-refractivity contribution < 1.29 is 19.1 Å². The molecule has 1 atom stereocenters. The smallest absolute Gasteiger partial charge is 0.357 e. The number of hydrogen-bond donors (Lipinski definition) is 1. The quantitative estimate of drug-likeness (QED) is 0.518. The number of aryl methyl sites for hydroxylation is 1. The molecule has 1 fully saturated rings. The first-order chi connectivity index (χ1) is 13.0. The second kappa shape index (κ2) is 7.54. The number of methoxy groups -OCH3 is 1. The zero-order valence-corrected chi connectivity index (χ0v) is 18.2. The average Bonchev–Trinajstić information content (AvgIpc) is 3.10. The minimum Gasteiger partial charge on any atom is -0.478 e. The molecule has 3 rings (SSSR count). The van der Waals surface area contributed by atoms with Gasteiger partial charge in [-0.3, -0.25) is 10.1 Å². The first kappa shape index (κ1) is 20.9. The number of alkyl halides is 2. The number of amides is 1. The van der Waals surface area contributed by atoms with Gasteiger partial charge in [0.15, 0.2) is 16.4 Å². The van der Waals surface area contributed by atoms with E-state index in [0.717, 1.165) is 12.0 Å². The number of carbonyl (C=O) groups excluding carboxylic acids is 2. The first-order valence-corrected chi connectivity index (χ1v) is 10.1. The highest BCUT2D eigenvalue weighted by Gasteiger charge is 2.52. The number of aromatic nitrogens is 1. The Morgan fingerprint density at radius 3 is 2.43 bits per heavy atom. The molecule has 2 aromatic rings. The van der Waals surface area contributed by atoms with E-state index in [1.165, 1.54) is 18.4 Å². The molecule has 6 nitrogen and oxygen atoms in total. The SMILES string of the molecule is COC(=O)c1nc(NC(=O)C(C)(C)Oc2ccc([C@@H]3CC3(Cl)Cl)cc2)sc1C. The summed E-state index contributed by atoms with van der Waals surface area (Å²) in [5.41, 5.74) is 0.0644. The zero-order valence-electron chi connectivity index (χ0n) is 15.8. The van der Waals surface area contributed by atoms with Crippen molar-refractivity contribution in [1.82, 2.24) is 4.98 Å². The van der Waals surface area contributed by atoms with E-state index in [0.29, 0.717) is 15.8 Å². The van der Waals surface area contributed by atoms with E-state index in [4.69, 9.17) is 27.9 Å². The highest BCUT2D eigenvalue weighted by Crippen LogP contribution is 2.59. The van der Waals surface area contributed by atoms with Gasteiger partial charge in [0.2, 0.25) is 0 Å². The molecule has 1 heterocycles. The number of nitrogens with zero attached hydrogens (tertiary/aromatic N) is 1. The number of hydrogen-bond acceptors (Lipinski definition) is 6. The first-order valence-electron chi connectivity index (χ1n) is 8.57. The standard InChI is InChI=1S/C19H20Cl2N2O4S/c1-10-14(15(24)26-4)22-17(28-10)23-16(25)18(2,3)27-12-7-5-11(6-8-12)13-9-19(13,20)21/h5-8,13H,9H2,1-4H3,(H,22,23,25)/t13-/m0/s1. The third-order valence-corrected chi connectivity index (χ3v) is 6.15. The number of esters is 1. The number of halogens is 2. The van der Waals surface area contributed by atoms with Crippen molar-refractivity contribution in [3.05, 3.63) is 40.4 Å². The Morgan fingerprint density at radius 2 is 1.89 bits per heavy atom. The summed E-state index contributed by atoms with van der Waals surface area (Å²) in [4.78, 5) is 29.1. The fraction of sp³-hybridized carbons (Fsp3) is 0.421. The largest absolute Gasteiger partial charge is 0.478 e. The second-order valence-corrected chi connectivity index (χ2v) is 9.81.